The normalized spacial score (nSPS) is 11.0. The van der Waals surface area contributed by atoms with Crippen LogP contribution in [-0.4, -0.2) is 17.8 Å². The van der Waals surface area contributed by atoms with Crippen LogP contribution in [0, 0.1) is 0 Å². The highest BCUT2D eigenvalue weighted by molar-refractivity contribution is 5.45. The Labute approximate surface area is 131 Å². The Hall–Kier alpha value is -1.02. The number of rotatable bonds is 12. The van der Waals surface area contributed by atoms with Crippen molar-refractivity contribution in [1.82, 2.24) is 0 Å². The number of anilines is 1. The smallest absolute Gasteiger partial charge is 0.0471 e. The van der Waals surface area contributed by atoms with Crippen LogP contribution in [0.1, 0.15) is 70.8 Å². The summed E-state index contributed by atoms with van der Waals surface area (Å²) < 4.78 is 0. The maximum absolute atomic E-state index is 8.96. The van der Waals surface area contributed by atoms with E-state index in [2.05, 4.69) is 43.4 Å². The van der Waals surface area contributed by atoms with Gasteiger partial charge in [0.25, 0.3) is 0 Å². The standard InChI is InChI=1S/C19H33NO/c1-3-5-7-9-18(10-8-6-4-2)20-19-13-11-17(12-14-19)15-16-21/h11-14,18,20-21H,3-10,15-16H2,1-2H3. The molecule has 0 unspecified atom stereocenters. The maximum Gasteiger partial charge on any atom is 0.0471 e. The summed E-state index contributed by atoms with van der Waals surface area (Å²) in [7, 11) is 0. The summed E-state index contributed by atoms with van der Waals surface area (Å²) in [6.45, 7) is 4.75. The molecule has 0 aromatic heterocycles. The van der Waals surface area contributed by atoms with E-state index in [4.69, 9.17) is 5.11 Å². The lowest BCUT2D eigenvalue weighted by atomic mass is 10.0. The third-order valence-corrected chi connectivity index (χ3v) is 4.04. The number of hydrogen-bond donors (Lipinski definition) is 2. The molecule has 0 bridgehead atoms. The van der Waals surface area contributed by atoms with Crippen LogP contribution in [0.2, 0.25) is 0 Å². The average molecular weight is 291 g/mol. The molecule has 2 N–H and O–H groups in total. The van der Waals surface area contributed by atoms with Crippen molar-refractivity contribution < 1.29 is 5.11 Å². The summed E-state index contributed by atoms with van der Waals surface area (Å²) in [5.74, 6) is 0. The summed E-state index contributed by atoms with van der Waals surface area (Å²) in [4.78, 5) is 0. The molecule has 0 saturated heterocycles. The van der Waals surface area contributed by atoms with Crippen LogP contribution >= 0.6 is 0 Å². The Morgan fingerprint density at radius 3 is 1.95 bits per heavy atom. The molecule has 2 nitrogen and oxygen atoms in total. The van der Waals surface area contributed by atoms with Gasteiger partial charge in [-0.25, -0.2) is 0 Å². The number of hydrogen-bond acceptors (Lipinski definition) is 2. The first kappa shape index (κ1) is 18.0. The summed E-state index contributed by atoms with van der Waals surface area (Å²) in [5.41, 5.74) is 2.42. The number of unbranched alkanes of at least 4 members (excludes halogenated alkanes) is 4. The molecule has 0 aliphatic rings. The molecule has 0 radical (unpaired) electrons. The number of nitrogens with one attached hydrogen (secondary N) is 1. The average Bonchev–Trinajstić information content (AvgIpc) is 2.50. The largest absolute Gasteiger partial charge is 0.396 e. The van der Waals surface area contributed by atoms with E-state index < -0.39 is 0 Å². The Kier molecular flexibility index (Phi) is 9.98. The lowest BCUT2D eigenvalue weighted by Crippen LogP contribution is -2.19. The third-order valence-electron chi connectivity index (χ3n) is 4.04. The fourth-order valence-corrected chi connectivity index (χ4v) is 2.70. The van der Waals surface area contributed by atoms with Gasteiger partial charge in [-0.3, -0.25) is 0 Å². The summed E-state index contributed by atoms with van der Waals surface area (Å²) in [6, 6.07) is 9.14. The first-order valence-corrected chi connectivity index (χ1v) is 8.76. The highest BCUT2D eigenvalue weighted by Gasteiger charge is 2.08. The number of aliphatic hydroxyl groups excluding tert-OH is 1. The molecule has 0 aliphatic carbocycles. The summed E-state index contributed by atoms with van der Waals surface area (Å²) in [6.07, 6.45) is 11.2. The minimum atomic E-state index is 0.226. The topological polar surface area (TPSA) is 32.3 Å². The summed E-state index contributed by atoms with van der Waals surface area (Å²) in [5, 5.41) is 12.7. The minimum Gasteiger partial charge on any atom is -0.396 e. The van der Waals surface area contributed by atoms with Crippen molar-refractivity contribution in [2.75, 3.05) is 11.9 Å². The van der Waals surface area contributed by atoms with Crippen LogP contribution in [0.5, 0.6) is 0 Å². The molecule has 0 atom stereocenters. The van der Waals surface area contributed by atoms with Crippen molar-refractivity contribution in [3.63, 3.8) is 0 Å². The lowest BCUT2D eigenvalue weighted by Gasteiger charge is -2.20. The maximum atomic E-state index is 8.96. The molecule has 1 aromatic rings. The van der Waals surface area contributed by atoms with Gasteiger partial charge in [-0.1, -0.05) is 64.5 Å². The van der Waals surface area contributed by atoms with Crippen molar-refractivity contribution in [2.24, 2.45) is 0 Å². The zero-order chi connectivity index (χ0) is 15.3. The SMILES string of the molecule is CCCCCC(CCCCC)Nc1ccc(CCO)cc1. The summed E-state index contributed by atoms with van der Waals surface area (Å²) >= 11 is 0. The van der Waals surface area contributed by atoms with Gasteiger partial charge < -0.3 is 10.4 Å². The molecule has 120 valence electrons. The molecule has 0 spiro atoms. The highest BCUT2D eigenvalue weighted by Crippen LogP contribution is 2.18. The number of aliphatic hydroxyl groups is 1. The second-order valence-electron chi connectivity index (χ2n) is 6.00. The second kappa shape index (κ2) is 11.6. The van der Waals surface area contributed by atoms with Crippen LogP contribution in [0.15, 0.2) is 24.3 Å². The molecule has 1 aromatic carbocycles. The Morgan fingerprint density at radius 1 is 0.905 bits per heavy atom. The monoisotopic (exact) mass is 291 g/mol. The Balaban J connectivity index is 2.48. The van der Waals surface area contributed by atoms with E-state index in [-0.39, 0.29) is 6.61 Å². The molecule has 0 heterocycles. The zero-order valence-electron chi connectivity index (χ0n) is 13.9. The first-order valence-electron chi connectivity index (χ1n) is 8.76. The fourth-order valence-electron chi connectivity index (χ4n) is 2.70. The predicted octanol–water partition coefficient (Wildman–Crippen LogP) is 5.16. The van der Waals surface area contributed by atoms with Gasteiger partial charge in [0.1, 0.15) is 0 Å². The fraction of sp³-hybridized carbons (Fsp3) is 0.684. The molecule has 21 heavy (non-hydrogen) atoms. The minimum absolute atomic E-state index is 0.226. The van der Waals surface area contributed by atoms with Crippen molar-refractivity contribution in [3.05, 3.63) is 29.8 Å². The highest BCUT2D eigenvalue weighted by atomic mass is 16.2. The van der Waals surface area contributed by atoms with Gasteiger partial charge in [0.2, 0.25) is 0 Å². The molecular weight excluding hydrogens is 258 g/mol. The van der Waals surface area contributed by atoms with Gasteiger partial charge in [0.05, 0.1) is 0 Å². The van der Waals surface area contributed by atoms with Crippen LogP contribution in [-0.2, 0) is 6.42 Å². The molecule has 0 saturated carbocycles. The van der Waals surface area contributed by atoms with Gasteiger partial charge in [-0.15, -0.1) is 0 Å². The van der Waals surface area contributed by atoms with E-state index in [1.54, 1.807) is 0 Å². The second-order valence-corrected chi connectivity index (χ2v) is 6.00. The van der Waals surface area contributed by atoms with Gasteiger partial charge >= 0.3 is 0 Å². The third kappa shape index (κ3) is 8.11. The molecule has 0 amide bonds. The van der Waals surface area contributed by atoms with Crippen LogP contribution in [0.25, 0.3) is 0 Å². The van der Waals surface area contributed by atoms with Crippen LogP contribution in [0.3, 0.4) is 0 Å². The van der Waals surface area contributed by atoms with Crippen LogP contribution in [0.4, 0.5) is 5.69 Å². The quantitative estimate of drug-likeness (QED) is 0.521. The van der Waals surface area contributed by atoms with Crippen molar-refractivity contribution >= 4 is 5.69 Å². The van der Waals surface area contributed by atoms with Gasteiger partial charge in [0, 0.05) is 18.3 Å². The van der Waals surface area contributed by atoms with E-state index in [1.807, 2.05) is 0 Å². The van der Waals surface area contributed by atoms with Crippen LogP contribution < -0.4 is 5.32 Å². The van der Waals surface area contributed by atoms with Gasteiger partial charge in [-0.05, 0) is 37.0 Å². The van der Waals surface area contributed by atoms with E-state index in [0.29, 0.717) is 6.04 Å². The van der Waals surface area contributed by atoms with Gasteiger partial charge in [0.15, 0.2) is 0 Å². The molecular formula is C19H33NO. The number of benzene rings is 1. The zero-order valence-corrected chi connectivity index (χ0v) is 13.9. The van der Waals surface area contributed by atoms with E-state index in [0.717, 1.165) is 6.42 Å². The first-order chi connectivity index (χ1) is 10.3. The Bertz CT molecular complexity index is 337. The molecule has 0 fully saturated rings. The van der Waals surface area contributed by atoms with E-state index >= 15 is 0 Å². The molecule has 2 heteroatoms. The molecule has 1 rings (SSSR count). The Morgan fingerprint density at radius 2 is 1.48 bits per heavy atom. The lowest BCUT2D eigenvalue weighted by molar-refractivity contribution is 0.299. The van der Waals surface area contributed by atoms with Crippen molar-refractivity contribution in [2.45, 2.75) is 77.7 Å². The molecule has 0 aliphatic heterocycles. The van der Waals surface area contributed by atoms with E-state index in [1.165, 1.54) is 62.6 Å². The van der Waals surface area contributed by atoms with Crippen molar-refractivity contribution in [1.29, 1.82) is 0 Å². The predicted molar refractivity (Wildman–Crippen MR) is 92.9 cm³/mol. The van der Waals surface area contributed by atoms with Crippen molar-refractivity contribution in [3.8, 4) is 0 Å². The van der Waals surface area contributed by atoms with Gasteiger partial charge in [-0.2, -0.15) is 0 Å². The van der Waals surface area contributed by atoms with E-state index in [9.17, 15) is 0 Å².